The zero-order valence-electron chi connectivity index (χ0n) is 9.45. The molecule has 0 aromatic rings. The van der Waals surface area contributed by atoms with Crippen LogP contribution in [0.1, 0.15) is 33.6 Å². The third-order valence-electron chi connectivity index (χ3n) is 2.09. The molecule has 1 aliphatic heterocycles. The van der Waals surface area contributed by atoms with Crippen LogP contribution in [0.2, 0.25) is 0 Å². The van der Waals surface area contributed by atoms with Crippen molar-refractivity contribution in [2.24, 2.45) is 5.73 Å². The van der Waals surface area contributed by atoms with E-state index in [1.807, 2.05) is 0 Å². The van der Waals surface area contributed by atoms with E-state index in [0.29, 0.717) is 13.0 Å². The number of likely N-dealkylation sites (tertiary alicyclic amines) is 1. The first-order valence-electron chi connectivity index (χ1n) is 5.11. The van der Waals surface area contributed by atoms with Crippen molar-refractivity contribution < 1.29 is 14.3 Å². The molecule has 5 heteroatoms. The smallest absolute Gasteiger partial charge is 0.417 e. The second kappa shape index (κ2) is 4.18. The largest absolute Gasteiger partial charge is 0.443 e. The van der Waals surface area contributed by atoms with Crippen molar-refractivity contribution in [1.29, 1.82) is 0 Å². The van der Waals surface area contributed by atoms with Gasteiger partial charge in [0, 0.05) is 6.54 Å². The third-order valence-corrected chi connectivity index (χ3v) is 2.09. The van der Waals surface area contributed by atoms with Crippen molar-refractivity contribution in [1.82, 2.24) is 4.90 Å². The molecular formula is C10H18N2O3. The molecule has 2 N–H and O–H groups in total. The highest BCUT2D eigenvalue weighted by atomic mass is 16.6. The molecule has 0 spiro atoms. The maximum Gasteiger partial charge on any atom is 0.417 e. The van der Waals surface area contributed by atoms with Gasteiger partial charge in [-0.2, -0.15) is 0 Å². The van der Waals surface area contributed by atoms with Crippen LogP contribution in [0, 0.1) is 0 Å². The van der Waals surface area contributed by atoms with Gasteiger partial charge in [-0.15, -0.1) is 0 Å². The van der Waals surface area contributed by atoms with Crippen LogP contribution in [0.15, 0.2) is 0 Å². The monoisotopic (exact) mass is 214 g/mol. The predicted molar refractivity (Wildman–Crippen MR) is 55.2 cm³/mol. The molecule has 0 aliphatic carbocycles. The Kier molecular flexibility index (Phi) is 3.34. The molecule has 0 aromatic carbocycles. The lowest BCUT2D eigenvalue weighted by Crippen LogP contribution is -2.52. The average molecular weight is 214 g/mol. The van der Waals surface area contributed by atoms with Gasteiger partial charge < -0.3 is 10.5 Å². The van der Waals surface area contributed by atoms with Gasteiger partial charge in [-0.25, -0.2) is 9.69 Å². The highest BCUT2D eigenvalue weighted by molar-refractivity contribution is 5.95. The molecule has 0 unspecified atom stereocenters. The van der Waals surface area contributed by atoms with Gasteiger partial charge in [0.1, 0.15) is 5.60 Å². The number of carbonyl (C=O) groups is 2. The summed E-state index contributed by atoms with van der Waals surface area (Å²) in [7, 11) is 0. The van der Waals surface area contributed by atoms with E-state index in [4.69, 9.17) is 10.5 Å². The van der Waals surface area contributed by atoms with E-state index < -0.39 is 17.7 Å². The number of ether oxygens (including phenoxy) is 1. The molecular weight excluding hydrogens is 196 g/mol. The van der Waals surface area contributed by atoms with Crippen LogP contribution in [-0.4, -0.2) is 35.1 Å². The minimum Gasteiger partial charge on any atom is -0.443 e. The Hall–Kier alpha value is -1.10. The van der Waals surface area contributed by atoms with Crippen molar-refractivity contribution in [3.05, 3.63) is 0 Å². The maximum atomic E-state index is 11.6. The minimum atomic E-state index is -0.595. The van der Waals surface area contributed by atoms with E-state index in [1.54, 1.807) is 20.8 Å². The summed E-state index contributed by atoms with van der Waals surface area (Å²) in [5, 5.41) is 0. The Morgan fingerprint density at radius 2 is 2.13 bits per heavy atom. The van der Waals surface area contributed by atoms with E-state index in [-0.39, 0.29) is 5.91 Å². The van der Waals surface area contributed by atoms with Crippen LogP contribution in [0.4, 0.5) is 4.79 Å². The molecule has 0 aromatic heterocycles. The topological polar surface area (TPSA) is 72.6 Å². The molecule has 15 heavy (non-hydrogen) atoms. The number of amides is 2. The quantitative estimate of drug-likeness (QED) is 0.649. The van der Waals surface area contributed by atoms with Crippen molar-refractivity contribution >= 4 is 12.0 Å². The molecule has 1 aliphatic rings. The van der Waals surface area contributed by atoms with Crippen LogP contribution < -0.4 is 5.73 Å². The Morgan fingerprint density at radius 3 is 2.67 bits per heavy atom. The zero-order chi connectivity index (χ0) is 11.6. The summed E-state index contributed by atoms with van der Waals surface area (Å²) in [4.78, 5) is 24.2. The van der Waals surface area contributed by atoms with Crippen molar-refractivity contribution in [3.63, 3.8) is 0 Å². The van der Waals surface area contributed by atoms with Crippen molar-refractivity contribution in [2.75, 3.05) is 6.54 Å². The lowest BCUT2D eigenvalue weighted by atomic mass is 10.1. The van der Waals surface area contributed by atoms with Gasteiger partial charge >= 0.3 is 6.09 Å². The lowest BCUT2D eigenvalue weighted by molar-refractivity contribution is -0.133. The second-order valence-corrected chi connectivity index (χ2v) is 4.72. The first kappa shape index (κ1) is 12.0. The number of piperidine rings is 1. The molecule has 1 fully saturated rings. The molecule has 1 heterocycles. The molecule has 86 valence electrons. The SMILES string of the molecule is CC(C)(C)OC(=O)N1CCC[C@@H](N)C1=O. The highest BCUT2D eigenvalue weighted by Gasteiger charge is 2.33. The van der Waals surface area contributed by atoms with Gasteiger partial charge in [0.05, 0.1) is 6.04 Å². The van der Waals surface area contributed by atoms with Gasteiger partial charge in [-0.05, 0) is 33.6 Å². The number of nitrogens with zero attached hydrogens (tertiary/aromatic N) is 1. The van der Waals surface area contributed by atoms with Crippen molar-refractivity contribution in [2.45, 2.75) is 45.3 Å². The molecule has 1 rings (SSSR count). The summed E-state index contributed by atoms with van der Waals surface area (Å²) in [5.41, 5.74) is 4.99. The number of hydrogen-bond donors (Lipinski definition) is 1. The first-order chi connectivity index (χ1) is 6.81. The van der Waals surface area contributed by atoms with Gasteiger partial charge in [0.25, 0.3) is 0 Å². The molecule has 1 saturated heterocycles. The summed E-state index contributed by atoms with van der Waals surface area (Å²) in [6, 6.07) is -0.564. The fraction of sp³-hybridized carbons (Fsp3) is 0.800. The molecule has 1 atom stereocenters. The summed E-state index contributed by atoms with van der Waals surface area (Å²) < 4.78 is 5.11. The highest BCUT2D eigenvalue weighted by Crippen LogP contribution is 2.15. The number of imide groups is 1. The Bertz CT molecular complexity index is 270. The maximum absolute atomic E-state index is 11.6. The minimum absolute atomic E-state index is 0.337. The summed E-state index contributed by atoms with van der Waals surface area (Å²) >= 11 is 0. The van der Waals surface area contributed by atoms with E-state index in [0.717, 1.165) is 11.3 Å². The number of carbonyl (C=O) groups excluding carboxylic acids is 2. The summed E-state index contributed by atoms with van der Waals surface area (Å²) in [6.45, 7) is 5.69. The average Bonchev–Trinajstić information content (AvgIpc) is 2.06. The van der Waals surface area contributed by atoms with Gasteiger partial charge in [-0.1, -0.05) is 0 Å². The molecule has 0 bridgehead atoms. The van der Waals surface area contributed by atoms with Crippen LogP contribution >= 0.6 is 0 Å². The molecule has 2 amide bonds. The lowest BCUT2D eigenvalue weighted by Gasteiger charge is -2.30. The predicted octanol–water partition coefficient (Wildman–Crippen LogP) is 0.871. The molecule has 0 radical (unpaired) electrons. The zero-order valence-corrected chi connectivity index (χ0v) is 9.45. The Labute approximate surface area is 89.6 Å². The molecule has 0 saturated carbocycles. The van der Waals surface area contributed by atoms with Crippen LogP contribution in [0.25, 0.3) is 0 Å². The fourth-order valence-corrected chi connectivity index (χ4v) is 1.40. The van der Waals surface area contributed by atoms with Crippen LogP contribution in [0.5, 0.6) is 0 Å². The summed E-state index contributed by atoms with van der Waals surface area (Å²) in [5.74, 6) is -0.337. The summed E-state index contributed by atoms with van der Waals surface area (Å²) in [6.07, 6.45) is 0.784. The van der Waals surface area contributed by atoms with Crippen LogP contribution in [-0.2, 0) is 9.53 Å². The first-order valence-corrected chi connectivity index (χ1v) is 5.11. The number of nitrogens with two attached hydrogens (primary N) is 1. The second-order valence-electron chi connectivity index (χ2n) is 4.72. The van der Waals surface area contributed by atoms with E-state index in [2.05, 4.69) is 0 Å². The number of hydrogen-bond acceptors (Lipinski definition) is 4. The van der Waals surface area contributed by atoms with Gasteiger partial charge in [-0.3, -0.25) is 4.79 Å². The van der Waals surface area contributed by atoms with E-state index >= 15 is 0 Å². The fourth-order valence-electron chi connectivity index (χ4n) is 1.40. The molecule has 5 nitrogen and oxygen atoms in total. The van der Waals surface area contributed by atoms with E-state index in [1.165, 1.54) is 0 Å². The van der Waals surface area contributed by atoms with Gasteiger partial charge in [0.15, 0.2) is 0 Å². The van der Waals surface area contributed by atoms with Crippen molar-refractivity contribution in [3.8, 4) is 0 Å². The number of rotatable bonds is 0. The standard InChI is InChI=1S/C10H18N2O3/c1-10(2,3)15-9(14)12-6-4-5-7(11)8(12)13/h7H,4-6,11H2,1-3H3/t7-/m1/s1. The van der Waals surface area contributed by atoms with Crippen LogP contribution in [0.3, 0.4) is 0 Å². The van der Waals surface area contributed by atoms with Gasteiger partial charge in [0.2, 0.25) is 5.91 Å². The Balaban J connectivity index is 2.63. The normalized spacial score (nSPS) is 22.8. The Morgan fingerprint density at radius 1 is 1.53 bits per heavy atom. The third kappa shape index (κ3) is 3.20. The van der Waals surface area contributed by atoms with E-state index in [9.17, 15) is 9.59 Å².